The summed E-state index contributed by atoms with van der Waals surface area (Å²) in [5.74, 6) is 2.57. The number of nitrogens with zero attached hydrogens (tertiary/aromatic N) is 2. The number of amides is 1. The molecule has 160 valence electrons. The first-order chi connectivity index (χ1) is 14.7. The number of carbonyl (C=O) groups excluding carboxylic acids is 1. The SMILES string of the molecule is COc1ccc2c(c1)C(SCC(=O)N1CCN(c3ccccc3OC)CC1)CCC2. The molecule has 2 aliphatic rings. The molecule has 1 heterocycles. The molecule has 0 N–H and O–H groups in total. The molecule has 1 atom stereocenters. The van der Waals surface area contributed by atoms with E-state index in [0.29, 0.717) is 11.0 Å². The van der Waals surface area contributed by atoms with E-state index in [1.807, 2.05) is 29.2 Å². The van der Waals surface area contributed by atoms with Crippen LogP contribution >= 0.6 is 11.8 Å². The van der Waals surface area contributed by atoms with Crippen LogP contribution in [0, 0.1) is 0 Å². The molecule has 2 aromatic rings. The molecule has 1 unspecified atom stereocenters. The second-order valence-electron chi connectivity index (χ2n) is 7.80. The molecule has 1 aliphatic carbocycles. The van der Waals surface area contributed by atoms with Crippen molar-refractivity contribution in [1.29, 1.82) is 0 Å². The quantitative estimate of drug-likeness (QED) is 0.694. The molecule has 1 fully saturated rings. The molecular weight excluding hydrogens is 396 g/mol. The van der Waals surface area contributed by atoms with E-state index in [2.05, 4.69) is 23.1 Å². The van der Waals surface area contributed by atoms with Crippen LogP contribution in [0.15, 0.2) is 42.5 Å². The zero-order valence-corrected chi connectivity index (χ0v) is 18.6. The van der Waals surface area contributed by atoms with Gasteiger partial charge in [-0.3, -0.25) is 4.79 Å². The summed E-state index contributed by atoms with van der Waals surface area (Å²) in [4.78, 5) is 17.2. The number of piperazine rings is 1. The normalized spacial score (nSPS) is 18.7. The first kappa shape index (κ1) is 20.9. The molecule has 6 heteroatoms. The van der Waals surface area contributed by atoms with Gasteiger partial charge in [0.25, 0.3) is 0 Å². The van der Waals surface area contributed by atoms with Crippen LogP contribution < -0.4 is 14.4 Å². The number of carbonyl (C=O) groups is 1. The molecule has 0 aromatic heterocycles. The number of anilines is 1. The molecule has 1 aliphatic heterocycles. The van der Waals surface area contributed by atoms with Gasteiger partial charge in [0.15, 0.2) is 0 Å². The smallest absolute Gasteiger partial charge is 0.232 e. The summed E-state index contributed by atoms with van der Waals surface area (Å²) < 4.78 is 10.9. The molecule has 2 aromatic carbocycles. The molecule has 0 bridgehead atoms. The summed E-state index contributed by atoms with van der Waals surface area (Å²) in [7, 11) is 3.41. The van der Waals surface area contributed by atoms with Crippen LogP contribution in [-0.2, 0) is 11.2 Å². The van der Waals surface area contributed by atoms with E-state index >= 15 is 0 Å². The van der Waals surface area contributed by atoms with Gasteiger partial charge in [0.05, 0.1) is 25.7 Å². The van der Waals surface area contributed by atoms with E-state index in [0.717, 1.165) is 56.2 Å². The van der Waals surface area contributed by atoms with E-state index in [1.165, 1.54) is 17.5 Å². The summed E-state index contributed by atoms with van der Waals surface area (Å²) >= 11 is 1.78. The predicted octanol–water partition coefficient (Wildman–Crippen LogP) is 4.16. The summed E-state index contributed by atoms with van der Waals surface area (Å²) in [5.41, 5.74) is 3.85. The van der Waals surface area contributed by atoms with Crippen molar-refractivity contribution in [2.75, 3.05) is 51.1 Å². The number of benzene rings is 2. The van der Waals surface area contributed by atoms with E-state index in [4.69, 9.17) is 9.47 Å². The Bertz CT molecular complexity index is 881. The van der Waals surface area contributed by atoms with Crippen molar-refractivity contribution >= 4 is 23.4 Å². The fourth-order valence-electron chi connectivity index (χ4n) is 4.38. The Morgan fingerprint density at radius 3 is 2.63 bits per heavy atom. The Morgan fingerprint density at radius 1 is 1.07 bits per heavy atom. The van der Waals surface area contributed by atoms with Crippen molar-refractivity contribution in [2.24, 2.45) is 0 Å². The minimum Gasteiger partial charge on any atom is -0.497 e. The van der Waals surface area contributed by atoms with Gasteiger partial charge in [-0.05, 0) is 54.7 Å². The summed E-state index contributed by atoms with van der Waals surface area (Å²) in [5, 5.41) is 0.377. The number of rotatable bonds is 6. The van der Waals surface area contributed by atoms with Gasteiger partial charge in [-0.2, -0.15) is 0 Å². The third kappa shape index (κ3) is 4.53. The largest absolute Gasteiger partial charge is 0.497 e. The van der Waals surface area contributed by atoms with E-state index < -0.39 is 0 Å². The highest BCUT2D eigenvalue weighted by molar-refractivity contribution is 8.00. The Hall–Kier alpha value is -2.34. The van der Waals surface area contributed by atoms with Gasteiger partial charge < -0.3 is 19.3 Å². The average molecular weight is 427 g/mol. The minimum atomic E-state index is 0.245. The van der Waals surface area contributed by atoms with Crippen LogP contribution in [0.5, 0.6) is 11.5 Å². The van der Waals surface area contributed by atoms with Crippen LogP contribution in [0.3, 0.4) is 0 Å². The third-order valence-corrected chi connectivity index (χ3v) is 7.38. The maximum absolute atomic E-state index is 12.9. The van der Waals surface area contributed by atoms with Gasteiger partial charge >= 0.3 is 0 Å². The Morgan fingerprint density at radius 2 is 1.87 bits per heavy atom. The van der Waals surface area contributed by atoms with E-state index in [1.54, 1.807) is 26.0 Å². The topological polar surface area (TPSA) is 42.0 Å². The van der Waals surface area contributed by atoms with Gasteiger partial charge in [0.1, 0.15) is 11.5 Å². The van der Waals surface area contributed by atoms with Gasteiger partial charge in [-0.15, -0.1) is 11.8 Å². The van der Waals surface area contributed by atoms with E-state index in [-0.39, 0.29) is 5.91 Å². The average Bonchev–Trinajstić information content (AvgIpc) is 2.82. The number of hydrogen-bond acceptors (Lipinski definition) is 5. The number of fused-ring (bicyclic) bond motifs is 1. The summed E-state index contributed by atoms with van der Waals surface area (Å²) in [6.07, 6.45) is 3.43. The number of thioether (sulfide) groups is 1. The van der Waals surface area contributed by atoms with Crippen LogP contribution in [0.2, 0.25) is 0 Å². The molecule has 5 nitrogen and oxygen atoms in total. The molecule has 1 saturated heterocycles. The maximum Gasteiger partial charge on any atom is 0.232 e. The zero-order valence-electron chi connectivity index (χ0n) is 17.8. The summed E-state index contributed by atoms with van der Waals surface area (Å²) in [6.45, 7) is 3.18. The van der Waals surface area contributed by atoms with Gasteiger partial charge in [0.2, 0.25) is 5.91 Å². The van der Waals surface area contributed by atoms with Crippen molar-refractivity contribution < 1.29 is 14.3 Å². The first-order valence-corrected chi connectivity index (χ1v) is 11.7. The lowest BCUT2D eigenvalue weighted by molar-refractivity contribution is -0.128. The van der Waals surface area contributed by atoms with Crippen LogP contribution in [0.1, 0.15) is 29.2 Å². The Labute approximate surface area is 183 Å². The minimum absolute atomic E-state index is 0.245. The van der Waals surface area contributed by atoms with Gasteiger partial charge in [-0.25, -0.2) is 0 Å². The van der Waals surface area contributed by atoms with Gasteiger partial charge in [0, 0.05) is 31.4 Å². The molecule has 1 amide bonds. The Balaban J connectivity index is 1.32. The van der Waals surface area contributed by atoms with Crippen LogP contribution in [0.25, 0.3) is 0 Å². The van der Waals surface area contributed by atoms with Crippen molar-refractivity contribution in [2.45, 2.75) is 24.5 Å². The summed E-state index contributed by atoms with van der Waals surface area (Å²) in [6, 6.07) is 14.5. The van der Waals surface area contributed by atoms with Crippen LogP contribution in [0.4, 0.5) is 5.69 Å². The molecule has 4 rings (SSSR count). The van der Waals surface area contributed by atoms with Crippen LogP contribution in [-0.4, -0.2) is 57.0 Å². The highest BCUT2D eigenvalue weighted by Crippen LogP contribution is 2.41. The number of aryl methyl sites for hydroxylation is 1. The first-order valence-electron chi connectivity index (χ1n) is 10.6. The lowest BCUT2D eigenvalue weighted by Crippen LogP contribution is -2.49. The second-order valence-corrected chi connectivity index (χ2v) is 8.99. The molecule has 30 heavy (non-hydrogen) atoms. The maximum atomic E-state index is 12.9. The Kier molecular flexibility index (Phi) is 6.72. The zero-order chi connectivity index (χ0) is 20.9. The second kappa shape index (κ2) is 9.65. The molecule has 0 spiro atoms. The fourth-order valence-corrected chi connectivity index (χ4v) is 5.64. The fraction of sp³-hybridized carbons (Fsp3) is 0.458. The predicted molar refractivity (Wildman–Crippen MR) is 123 cm³/mol. The number of hydrogen-bond donors (Lipinski definition) is 0. The van der Waals surface area contributed by atoms with Crippen molar-refractivity contribution in [1.82, 2.24) is 4.90 Å². The molecule has 0 radical (unpaired) electrons. The number of para-hydroxylation sites is 2. The number of methoxy groups -OCH3 is 2. The van der Waals surface area contributed by atoms with E-state index in [9.17, 15) is 4.79 Å². The highest BCUT2D eigenvalue weighted by Gasteiger charge is 2.26. The van der Waals surface area contributed by atoms with Crippen molar-refractivity contribution in [3.8, 4) is 11.5 Å². The highest BCUT2D eigenvalue weighted by atomic mass is 32.2. The lowest BCUT2D eigenvalue weighted by atomic mass is 9.91. The van der Waals surface area contributed by atoms with Crippen molar-refractivity contribution in [3.05, 3.63) is 53.6 Å². The lowest BCUT2D eigenvalue weighted by Gasteiger charge is -2.37. The monoisotopic (exact) mass is 426 g/mol. The van der Waals surface area contributed by atoms with Crippen molar-refractivity contribution in [3.63, 3.8) is 0 Å². The number of ether oxygens (including phenoxy) is 2. The third-order valence-electron chi connectivity index (χ3n) is 6.08. The molecular formula is C24H30N2O3S. The van der Waals surface area contributed by atoms with Gasteiger partial charge in [-0.1, -0.05) is 18.2 Å². The standard InChI is InChI=1S/C24H30N2O3S/c1-28-19-11-10-18-6-5-9-23(20(18)16-19)30-17-24(27)26-14-12-25(13-15-26)21-7-3-4-8-22(21)29-2/h3-4,7-8,10-11,16,23H,5-6,9,12-15,17H2,1-2H3. The molecule has 0 saturated carbocycles.